The average molecular weight is 284 g/mol. The van der Waals surface area contributed by atoms with Gasteiger partial charge < -0.3 is 20.1 Å². The van der Waals surface area contributed by atoms with Crippen LogP contribution in [-0.4, -0.2) is 49.1 Å². The number of hydrogen-bond acceptors (Lipinski definition) is 6. The maximum atomic E-state index is 11.3. The lowest BCUT2D eigenvalue weighted by atomic mass is 10.2. The number of rotatable bonds is 5. The highest BCUT2D eigenvalue weighted by atomic mass is 16.5. The summed E-state index contributed by atoms with van der Waals surface area (Å²) < 4.78 is 9.52. The molecule has 0 aromatic carbocycles. The minimum Gasteiger partial charge on any atom is -0.460 e. The van der Waals surface area contributed by atoms with Crippen molar-refractivity contribution in [3.8, 4) is 0 Å². The number of amides is 2. The van der Waals surface area contributed by atoms with Gasteiger partial charge >= 0.3 is 11.9 Å². The van der Waals surface area contributed by atoms with Gasteiger partial charge in [0, 0.05) is 12.2 Å². The predicted octanol–water partition coefficient (Wildman–Crippen LogP) is -1.35. The van der Waals surface area contributed by atoms with E-state index in [1.54, 1.807) is 13.8 Å². The molecular formula is C12H16N2O6. The van der Waals surface area contributed by atoms with Crippen molar-refractivity contribution in [2.45, 2.75) is 26.0 Å². The van der Waals surface area contributed by atoms with Gasteiger partial charge in [-0.25, -0.2) is 9.59 Å². The monoisotopic (exact) mass is 284 g/mol. The molecule has 1 rings (SSSR count). The highest BCUT2D eigenvalue weighted by molar-refractivity contribution is 5.95. The van der Waals surface area contributed by atoms with Gasteiger partial charge in [-0.15, -0.1) is 0 Å². The van der Waals surface area contributed by atoms with Crippen LogP contribution >= 0.6 is 0 Å². The largest absolute Gasteiger partial charge is 0.460 e. The van der Waals surface area contributed by atoms with Gasteiger partial charge in [0.2, 0.25) is 11.8 Å². The van der Waals surface area contributed by atoms with Crippen LogP contribution in [0, 0.1) is 0 Å². The van der Waals surface area contributed by atoms with Crippen molar-refractivity contribution >= 4 is 23.8 Å². The first kappa shape index (κ1) is 15.7. The molecule has 8 nitrogen and oxygen atoms in total. The number of carbonyl (C=O) groups is 4. The maximum absolute atomic E-state index is 11.3. The van der Waals surface area contributed by atoms with E-state index in [1.165, 1.54) is 0 Å². The Bertz CT molecular complexity index is 443. The van der Waals surface area contributed by atoms with Gasteiger partial charge in [0.25, 0.3) is 0 Å². The lowest BCUT2D eigenvalue weighted by molar-refractivity contribution is -0.144. The first-order valence-electron chi connectivity index (χ1n) is 6.01. The van der Waals surface area contributed by atoms with Crippen molar-refractivity contribution in [2.75, 3.05) is 13.2 Å². The maximum Gasteiger partial charge on any atom is 0.331 e. The first-order valence-corrected chi connectivity index (χ1v) is 6.01. The molecule has 1 saturated heterocycles. The number of esters is 2. The highest BCUT2D eigenvalue weighted by Gasteiger charge is 2.26. The smallest absolute Gasteiger partial charge is 0.331 e. The van der Waals surface area contributed by atoms with Gasteiger partial charge in [0.15, 0.2) is 0 Å². The highest BCUT2D eigenvalue weighted by Crippen LogP contribution is 1.95. The normalized spacial score (nSPS) is 18.6. The van der Waals surface area contributed by atoms with E-state index in [1.807, 2.05) is 0 Å². The van der Waals surface area contributed by atoms with Gasteiger partial charge in [0.1, 0.15) is 12.6 Å². The molecule has 0 bridgehead atoms. The van der Waals surface area contributed by atoms with Crippen LogP contribution < -0.4 is 10.6 Å². The van der Waals surface area contributed by atoms with E-state index >= 15 is 0 Å². The van der Waals surface area contributed by atoms with Crippen molar-refractivity contribution in [2.24, 2.45) is 0 Å². The van der Waals surface area contributed by atoms with E-state index in [0.717, 1.165) is 12.2 Å². The molecule has 0 spiro atoms. The zero-order valence-corrected chi connectivity index (χ0v) is 11.2. The minimum absolute atomic E-state index is 0.0930. The second-order valence-electron chi connectivity index (χ2n) is 4.29. The number of hydrogen-bond donors (Lipinski definition) is 2. The van der Waals surface area contributed by atoms with E-state index < -0.39 is 23.9 Å². The Balaban J connectivity index is 2.35. The Hall–Kier alpha value is -2.38. The van der Waals surface area contributed by atoms with Crippen LogP contribution in [0.4, 0.5) is 0 Å². The lowest BCUT2D eigenvalue weighted by Gasteiger charge is -2.22. The molecule has 1 heterocycles. The Morgan fingerprint density at radius 1 is 1.30 bits per heavy atom. The molecule has 8 heteroatoms. The fraction of sp³-hybridized carbons (Fsp3) is 0.500. The van der Waals surface area contributed by atoms with E-state index in [2.05, 4.69) is 10.6 Å². The Morgan fingerprint density at radius 3 is 2.60 bits per heavy atom. The molecule has 0 radical (unpaired) electrons. The average Bonchev–Trinajstić information content (AvgIpc) is 2.36. The molecule has 2 amide bonds. The summed E-state index contributed by atoms with van der Waals surface area (Å²) in [5.74, 6) is -2.26. The molecular weight excluding hydrogens is 268 g/mol. The van der Waals surface area contributed by atoms with E-state index in [4.69, 9.17) is 9.47 Å². The van der Waals surface area contributed by atoms with Crippen LogP contribution in [0.3, 0.4) is 0 Å². The number of nitrogens with one attached hydrogen (secondary N) is 2. The molecule has 0 saturated carbocycles. The third-order valence-electron chi connectivity index (χ3n) is 2.17. The van der Waals surface area contributed by atoms with Gasteiger partial charge in [-0.1, -0.05) is 0 Å². The van der Waals surface area contributed by atoms with Crippen molar-refractivity contribution in [1.29, 1.82) is 0 Å². The summed E-state index contributed by atoms with van der Waals surface area (Å²) >= 11 is 0. The Morgan fingerprint density at radius 2 is 1.95 bits per heavy atom. The third kappa shape index (κ3) is 5.51. The first-order chi connectivity index (χ1) is 9.38. The summed E-state index contributed by atoms with van der Waals surface area (Å²) in [4.78, 5) is 44.8. The molecule has 1 fully saturated rings. The summed E-state index contributed by atoms with van der Waals surface area (Å²) in [6.45, 7) is 2.95. The van der Waals surface area contributed by atoms with Crippen LogP contribution in [0.5, 0.6) is 0 Å². The van der Waals surface area contributed by atoms with Crippen molar-refractivity contribution in [3.05, 3.63) is 12.2 Å². The number of carbonyl (C=O) groups excluding carboxylic acids is 4. The summed E-state index contributed by atoms with van der Waals surface area (Å²) in [5.41, 5.74) is 0. The molecule has 0 unspecified atom stereocenters. The molecule has 110 valence electrons. The zero-order valence-electron chi connectivity index (χ0n) is 11.2. The van der Waals surface area contributed by atoms with Gasteiger partial charge in [-0.2, -0.15) is 0 Å². The molecule has 0 aromatic heterocycles. The summed E-state index contributed by atoms with van der Waals surface area (Å²) in [5, 5.41) is 4.71. The van der Waals surface area contributed by atoms with Gasteiger partial charge in [-0.05, 0) is 13.8 Å². The SMILES string of the molecule is CC(C)OC(=O)/C=C/C(=O)OC[C@@H]1NC(=O)CNC1=O. The number of piperazine rings is 1. The van der Waals surface area contributed by atoms with Gasteiger partial charge in [0.05, 0.1) is 12.6 Å². The second kappa shape index (κ2) is 7.27. The molecule has 0 aromatic rings. The standard InChI is InChI=1S/C12H16N2O6/c1-7(2)20-11(17)4-3-10(16)19-6-8-12(18)13-5-9(15)14-8/h3-4,7-8H,5-6H2,1-2H3,(H,13,18)(H,14,15)/b4-3+/t8-/m0/s1. The molecule has 0 aliphatic carbocycles. The van der Waals surface area contributed by atoms with Crippen molar-refractivity contribution in [1.82, 2.24) is 10.6 Å². The molecule has 1 aliphatic heterocycles. The topological polar surface area (TPSA) is 111 Å². The minimum atomic E-state index is -0.920. The fourth-order valence-corrected chi connectivity index (χ4v) is 1.34. The second-order valence-corrected chi connectivity index (χ2v) is 4.29. The Labute approximate surface area is 115 Å². The Kier molecular flexibility index (Phi) is 5.70. The van der Waals surface area contributed by atoms with Crippen LogP contribution in [0.15, 0.2) is 12.2 Å². The van der Waals surface area contributed by atoms with Gasteiger partial charge in [-0.3, -0.25) is 9.59 Å². The van der Waals surface area contributed by atoms with E-state index in [0.29, 0.717) is 0 Å². The lowest BCUT2D eigenvalue weighted by Crippen LogP contribution is -2.58. The summed E-state index contributed by atoms with van der Waals surface area (Å²) in [7, 11) is 0. The quantitative estimate of drug-likeness (QED) is 0.477. The van der Waals surface area contributed by atoms with Crippen molar-refractivity contribution < 1.29 is 28.7 Å². The van der Waals surface area contributed by atoms with Crippen LogP contribution in [0.2, 0.25) is 0 Å². The van der Waals surface area contributed by atoms with E-state index in [9.17, 15) is 19.2 Å². The third-order valence-corrected chi connectivity index (χ3v) is 2.17. The van der Waals surface area contributed by atoms with Crippen LogP contribution in [0.1, 0.15) is 13.8 Å². The zero-order chi connectivity index (χ0) is 15.1. The predicted molar refractivity (Wildman–Crippen MR) is 66.3 cm³/mol. The van der Waals surface area contributed by atoms with Crippen LogP contribution in [0.25, 0.3) is 0 Å². The fourth-order valence-electron chi connectivity index (χ4n) is 1.34. The molecule has 1 atom stereocenters. The molecule has 20 heavy (non-hydrogen) atoms. The summed E-state index contributed by atoms with van der Waals surface area (Å²) in [6, 6.07) is -0.920. The van der Waals surface area contributed by atoms with Crippen LogP contribution in [-0.2, 0) is 28.7 Å². The summed E-state index contributed by atoms with van der Waals surface area (Å²) in [6.07, 6.45) is 1.54. The number of ether oxygens (including phenoxy) is 2. The van der Waals surface area contributed by atoms with E-state index in [-0.39, 0.29) is 25.2 Å². The van der Waals surface area contributed by atoms with Crippen molar-refractivity contribution in [3.63, 3.8) is 0 Å². The molecule has 2 N–H and O–H groups in total. The molecule has 1 aliphatic rings.